The molecule has 7 nitrogen and oxygen atoms in total. The van der Waals surface area contributed by atoms with E-state index in [0.29, 0.717) is 11.4 Å². The van der Waals surface area contributed by atoms with Crippen LogP contribution < -0.4 is 10.9 Å². The van der Waals surface area contributed by atoms with Crippen LogP contribution >= 0.6 is 0 Å². The lowest BCUT2D eigenvalue weighted by Crippen LogP contribution is -2.18. The molecule has 0 fully saturated rings. The second kappa shape index (κ2) is 6.29. The van der Waals surface area contributed by atoms with Crippen LogP contribution in [0.3, 0.4) is 0 Å². The summed E-state index contributed by atoms with van der Waals surface area (Å²) in [5, 5.41) is 7.18. The highest BCUT2D eigenvalue weighted by Crippen LogP contribution is 2.20. The molecule has 128 valence electrons. The number of carbonyl (C=O) groups is 1. The SMILES string of the molecule is Cc1ccccc1-c1nc2[nH]c(=O)cc(NC(=O)c3ccccc3)n2n1. The van der Waals surface area contributed by atoms with Crippen molar-refractivity contribution in [2.24, 2.45) is 0 Å². The molecule has 4 rings (SSSR count). The van der Waals surface area contributed by atoms with E-state index in [4.69, 9.17) is 0 Å². The fourth-order valence-electron chi connectivity index (χ4n) is 2.70. The van der Waals surface area contributed by atoms with E-state index in [2.05, 4.69) is 20.4 Å². The fourth-order valence-corrected chi connectivity index (χ4v) is 2.70. The van der Waals surface area contributed by atoms with Crippen molar-refractivity contribution in [1.29, 1.82) is 0 Å². The van der Waals surface area contributed by atoms with Crippen LogP contribution in [-0.2, 0) is 0 Å². The Kier molecular flexibility index (Phi) is 3.81. The smallest absolute Gasteiger partial charge is 0.256 e. The van der Waals surface area contributed by atoms with Gasteiger partial charge >= 0.3 is 0 Å². The lowest BCUT2D eigenvalue weighted by Gasteiger charge is -2.06. The molecule has 0 aliphatic rings. The Morgan fingerprint density at radius 1 is 1.08 bits per heavy atom. The first kappa shape index (κ1) is 15.8. The maximum Gasteiger partial charge on any atom is 0.256 e. The minimum absolute atomic E-state index is 0.255. The van der Waals surface area contributed by atoms with Crippen molar-refractivity contribution in [1.82, 2.24) is 19.6 Å². The van der Waals surface area contributed by atoms with E-state index in [0.717, 1.165) is 11.1 Å². The second-order valence-electron chi connectivity index (χ2n) is 5.82. The third-order valence-electron chi connectivity index (χ3n) is 4.00. The molecular formula is C19H15N5O2. The summed E-state index contributed by atoms with van der Waals surface area (Å²) in [5.41, 5.74) is 1.99. The zero-order valence-corrected chi connectivity index (χ0v) is 13.9. The summed E-state index contributed by atoms with van der Waals surface area (Å²) in [7, 11) is 0. The van der Waals surface area contributed by atoms with Crippen molar-refractivity contribution in [2.45, 2.75) is 6.92 Å². The van der Waals surface area contributed by atoms with Gasteiger partial charge in [0.05, 0.1) is 0 Å². The molecule has 2 N–H and O–H groups in total. The first-order valence-corrected chi connectivity index (χ1v) is 8.04. The van der Waals surface area contributed by atoms with Gasteiger partial charge in [0.25, 0.3) is 11.5 Å². The summed E-state index contributed by atoms with van der Waals surface area (Å²) in [5.74, 6) is 0.662. The molecule has 0 saturated heterocycles. The monoisotopic (exact) mass is 345 g/mol. The van der Waals surface area contributed by atoms with Gasteiger partial charge in [-0.05, 0) is 24.6 Å². The Morgan fingerprint density at radius 3 is 2.58 bits per heavy atom. The number of carbonyl (C=O) groups excluding carboxylic acids is 1. The highest BCUT2D eigenvalue weighted by molar-refractivity contribution is 6.03. The van der Waals surface area contributed by atoms with E-state index in [9.17, 15) is 9.59 Å². The number of hydrogen-bond acceptors (Lipinski definition) is 4. The van der Waals surface area contributed by atoms with E-state index in [1.807, 2.05) is 37.3 Å². The molecule has 7 heteroatoms. The van der Waals surface area contributed by atoms with Crippen LogP contribution in [0.1, 0.15) is 15.9 Å². The highest BCUT2D eigenvalue weighted by atomic mass is 16.2. The van der Waals surface area contributed by atoms with Crippen LogP contribution in [0.2, 0.25) is 0 Å². The van der Waals surface area contributed by atoms with Crippen molar-refractivity contribution in [3.8, 4) is 11.4 Å². The number of nitrogens with one attached hydrogen (secondary N) is 2. The van der Waals surface area contributed by atoms with Gasteiger partial charge < -0.3 is 5.32 Å². The molecule has 2 aromatic carbocycles. The van der Waals surface area contributed by atoms with E-state index in [1.54, 1.807) is 24.3 Å². The highest BCUT2D eigenvalue weighted by Gasteiger charge is 2.14. The quantitative estimate of drug-likeness (QED) is 0.597. The van der Waals surface area contributed by atoms with Gasteiger partial charge in [-0.25, -0.2) is 0 Å². The van der Waals surface area contributed by atoms with Crippen molar-refractivity contribution in [3.63, 3.8) is 0 Å². The number of aromatic amines is 1. The van der Waals surface area contributed by atoms with Crippen molar-refractivity contribution in [2.75, 3.05) is 5.32 Å². The summed E-state index contributed by atoms with van der Waals surface area (Å²) in [4.78, 5) is 31.4. The standard InChI is InChI=1S/C19H15N5O2/c1-12-7-5-6-10-14(12)17-22-19-21-16(25)11-15(24(19)23-17)20-18(26)13-8-3-2-4-9-13/h2-11H,1H3,(H,20,26)(H,21,22,23,25). The summed E-state index contributed by atoms with van der Waals surface area (Å²) in [6.45, 7) is 1.96. The molecule has 0 aliphatic heterocycles. The molecule has 0 spiro atoms. The molecule has 4 aromatic rings. The third kappa shape index (κ3) is 2.86. The average molecular weight is 345 g/mol. The van der Waals surface area contributed by atoms with Crippen LogP contribution in [-0.4, -0.2) is 25.5 Å². The molecule has 0 unspecified atom stereocenters. The van der Waals surface area contributed by atoms with Gasteiger partial charge in [-0.3, -0.25) is 14.6 Å². The van der Waals surface area contributed by atoms with Gasteiger partial charge in [0.1, 0.15) is 5.82 Å². The van der Waals surface area contributed by atoms with Crippen LogP contribution in [0.4, 0.5) is 5.82 Å². The summed E-state index contributed by atoms with van der Waals surface area (Å²) >= 11 is 0. The number of fused-ring (bicyclic) bond motifs is 1. The number of anilines is 1. The second-order valence-corrected chi connectivity index (χ2v) is 5.82. The van der Waals surface area contributed by atoms with Crippen molar-refractivity contribution < 1.29 is 4.79 Å². The summed E-state index contributed by atoms with van der Waals surface area (Å²) in [6, 6.07) is 17.7. The molecule has 2 heterocycles. The van der Waals surface area contributed by atoms with Gasteiger partial charge in [0.2, 0.25) is 5.78 Å². The van der Waals surface area contributed by atoms with E-state index < -0.39 is 0 Å². The first-order valence-electron chi connectivity index (χ1n) is 8.04. The number of benzene rings is 2. The topological polar surface area (TPSA) is 92.1 Å². The number of hydrogen-bond donors (Lipinski definition) is 2. The maximum absolute atomic E-state index is 12.4. The molecular weight excluding hydrogens is 330 g/mol. The van der Waals surface area contributed by atoms with Crippen LogP contribution in [0.5, 0.6) is 0 Å². The lowest BCUT2D eigenvalue weighted by molar-refractivity contribution is 0.102. The van der Waals surface area contributed by atoms with Gasteiger partial charge in [-0.1, -0.05) is 42.5 Å². The minimum atomic E-state index is -0.371. The fraction of sp³-hybridized carbons (Fsp3) is 0.0526. The molecule has 0 bridgehead atoms. The Balaban J connectivity index is 1.79. The maximum atomic E-state index is 12.4. The van der Waals surface area contributed by atoms with Gasteiger partial charge in [-0.2, -0.15) is 9.50 Å². The molecule has 2 aromatic heterocycles. The number of H-pyrrole nitrogens is 1. The largest absolute Gasteiger partial charge is 0.306 e. The molecule has 0 atom stereocenters. The predicted molar refractivity (Wildman–Crippen MR) is 98.2 cm³/mol. The lowest BCUT2D eigenvalue weighted by atomic mass is 10.1. The summed E-state index contributed by atoms with van der Waals surface area (Å²) in [6.07, 6.45) is 0. The molecule has 0 radical (unpaired) electrons. The zero-order valence-electron chi connectivity index (χ0n) is 13.9. The Bertz CT molecular complexity index is 1160. The van der Waals surface area contributed by atoms with Gasteiger partial charge in [0.15, 0.2) is 5.82 Å². The van der Waals surface area contributed by atoms with Crippen molar-refractivity contribution in [3.05, 3.63) is 82.1 Å². The third-order valence-corrected chi connectivity index (χ3v) is 4.00. The average Bonchev–Trinajstić information content (AvgIpc) is 3.06. The van der Waals surface area contributed by atoms with Crippen molar-refractivity contribution >= 4 is 17.5 Å². The van der Waals surface area contributed by atoms with Crippen LogP contribution in [0.15, 0.2) is 65.5 Å². The zero-order chi connectivity index (χ0) is 18.1. The minimum Gasteiger partial charge on any atom is -0.306 e. The van der Waals surface area contributed by atoms with E-state index in [1.165, 1.54) is 10.6 Å². The Hall–Kier alpha value is -3.74. The Morgan fingerprint density at radius 2 is 1.81 bits per heavy atom. The van der Waals surface area contributed by atoms with E-state index >= 15 is 0 Å². The normalized spacial score (nSPS) is 10.8. The number of nitrogens with zero attached hydrogens (tertiary/aromatic N) is 3. The van der Waals surface area contributed by atoms with Crippen LogP contribution in [0.25, 0.3) is 17.2 Å². The number of rotatable bonds is 3. The number of amides is 1. The van der Waals surface area contributed by atoms with Crippen LogP contribution in [0, 0.1) is 6.92 Å². The first-order chi connectivity index (χ1) is 12.6. The summed E-state index contributed by atoms with van der Waals surface area (Å²) < 4.78 is 1.42. The molecule has 26 heavy (non-hydrogen) atoms. The predicted octanol–water partition coefficient (Wildman–Crippen LogP) is 2.65. The van der Waals surface area contributed by atoms with E-state index in [-0.39, 0.29) is 23.1 Å². The Labute approximate surface area is 148 Å². The molecule has 0 saturated carbocycles. The van der Waals surface area contributed by atoms with Gasteiger partial charge in [0, 0.05) is 17.2 Å². The molecule has 0 aliphatic carbocycles. The number of aromatic nitrogens is 4. The molecule has 1 amide bonds. The number of aryl methyl sites for hydroxylation is 1. The van der Waals surface area contributed by atoms with Gasteiger partial charge in [-0.15, -0.1) is 5.10 Å².